The van der Waals surface area contributed by atoms with Gasteiger partial charge in [-0.25, -0.2) is 0 Å². The minimum atomic E-state index is -0.326. The van der Waals surface area contributed by atoms with Crippen molar-refractivity contribution < 1.29 is 19.1 Å². The SMILES string of the molecule is Cc1ccc(NC(=O)COc2ccc(/C=C3\SC(=O)N(Cc4ccccc4)C3=O)cc2Br)cc1Cl. The van der Waals surface area contributed by atoms with E-state index in [1.54, 1.807) is 36.4 Å². The number of imide groups is 1. The van der Waals surface area contributed by atoms with Crippen molar-refractivity contribution in [2.24, 2.45) is 0 Å². The van der Waals surface area contributed by atoms with Crippen LogP contribution in [0.15, 0.2) is 76.1 Å². The Morgan fingerprint density at radius 2 is 1.89 bits per heavy atom. The zero-order chi connectivity index (χ0) is 24.9. The Balaban J connectivity index is 1.38. The number of aryl methyl sites for hydroxylation is 1. The van der Waals surface area contributed by atoms with Crippen LogP contribution < -0.4 is 10.1 Å². The molecule has 0 spiro atoms. The van der Waals surface area contributed by atoms with Crippen LogP contribution >= 0.6 is 39.3 Å². The van der Waals surface area contributed by atoms with Crippen molar-refractivity contribution in [2.75, 3.05) is 11.9 Å². The van der Waals surface area contributed by atoms with Crippen LogP contribution in [0.1, 0.15) is 16.7 Å². The number of hydrogen-bond acceptors (Lipinski definition) is 5. The maximum absolute atomic E-state index is 12.8. The van der Waals surface area contributed by atoms with Crippen LogP contribution in [0.4, 0.5) is 10.5 Å². The minimum Gasteiger partial charge on any atom is -0.483 e. The molecule has 0 unspecified atom stereocenters. The van der Waals surface area contributed by atoms with Crippen molar-refractivity contribution in [3.05, 3.63) is 97.8 Å². The number of carbonyl (C=O) groups is 3. The highest BCUT2D eigenvalue weighted by Gasteiger charge is 2.34. The highest BCUT2D eigenvalue weighted by Crippen LogP contribution is 2.34. The quantitative estimate of drug-likeness (QED) is 0.321. The van der Waals surface area contributed by atoms with Gasteiger partial charge in [-0.15, -0.1) is 0 Å². The van der Waals surface area contributed by atoms with Crippen LogP contribution in [0.3, 0.4) is 0 Å². The molecular weight excluding hydrogens is 552 g/mol. The maximum Gasteiger partial charge on any atom is 0.293 e. The Morgan fingerprint density at radius 1 is 1.11 bits per heavy atom. The van der Waals surface area contributed by atoms with Gasteiger partial charge in [0.25, 0.3) is 17.1 Å². The van der Waals surface area contributed by atoms with E-state index in [1.165, 1.54) is 4.90 Å². The fourth-order valence-electron chi connectivity index (χ4n) is 3.29. The topological polar surface area (TPSA) is 75.7 Å². The molecular formula is C26H20BrClN2O4S. The number of halogens is 2. The summed E-state index contributed by atoms with van der Waals surface area (Å²) < 4.78 is 6.24. The Morgan fingerprint density at radius 3 is 2.60 bits per heavy atom. The number of hydrogen-bond donors (Lipinski definition) is 1. The number of rotatable bonds is 7. The molecule has 3 aromatic carbocycles. The lowest BCUT2D eigenvalue weighted by atomic mass is 10.2. The molecule has 6 nitrogen and oxygen atoms in total. The van der Waals surface area contributed by atoms with Gasteiger partial charge in [0.15, 0.2) is 6.61 Å². The van der Waals surface area contributed by atoms with Gasteiger partial charge in [-0.1, -0.05) is 54.1 Å². The van der Waals surface area contributed by atoms with Crippen LogP contribution in [0.25, 0.3) is 6.08 Å². The summed E-state index contributed by atoms with van der Waals surface area (Å²) in [5.41, 5.74) is 3.11. The van der Waals surface area contributed by atoms with Crippen LogP contribution in [-0.4, -0.2) is 28.6 Å². The lowest BCUT2D eigenvalue weighted by Crippen LogP contribution is -2.27. The molecule has 0 aliphatic carbocycles. The normalized spacial score (nSPS) is 14.5. The Labute approximate surface area is 220 Å². The molecule has 0 bridgehead atoms. The van der Waals surface area contributed by atoms with Crippen molar-refractivity contribution >= 4 is 68.1 Å². The number of ether oxygens (including phenoxy) is 1. The first-order chi connectivity index (χ1) is 16.8. The molecule has 0 saturated carbocycles. The lowest BCUT2D eigenvalue weighted by Gasteiger charge is -2.12. The summed E-state index contributed by atoms with van der Waals surface area (Å²) in [5.74, 6) is -0.183. The Bertz CT molecular complexity index is 1330. The highest BCUT2D eigenvalue weighted by molar-refractivity contribution is 9.10. The first kappa shape index (κ1) is 25.0. The van der Waals surface area contributed by atoms with E-state index in [2.05, 4.69) is 21.2 Å². The number of amides is 3. The monoisotopic (exact) mass is 570 g/mol. The van der Waals surface area contributed by atoms with Gasteiger partial charge in [-0.2, -0.15) is 0 Å². The Hall–Kier alpha value is -3.07. The fraction of sp³-hybridized carbons (Fsp3) is 0.115. The molecule has 0 radical (unpaired) electrons. The lowest BCUT2D eigenvalue weighted by molar-refractivity contribution is -0.123. The third kappa shape index (κ3) is 6.33. The van der Waals surface area contributed by atoms with E-state index in [0.717, 1.165) is 22.9 Å². The Kier molecular flexibility index (Phi) is 7.95. The second-order valence-electron chi connectivity index (χ2n) is 7.74. The number of nitrogens with zero attached hydrogens (tertiary/aromatic N) is 1. The molecule has 1 aliphatic rings. The average Bonchev–Trinajstić information content (AvgIpc) is 3.09. The third-order valence-corrected chi connectivity index (χ3v) is 7.06. The number of carbonyl (C=O) groups excluding carboxylic acids is 3. The summed E-state index contributed by atoms with van der Waals surface area (Å²) in [5, 5.41) is 3.01. The molecule has 1 heterocycles. The molecule has 35 heavy (non-hydrogen) atoms. The second-order valence-corrected chi connectivity index (χ2v) is 10.00. The van der Waals surface area contributed by atoms with Crippen LogP contribution in [0.5, 0.6) is 5.75 Å². The van der Waals surface area contributed by atoms with E-state index in [0.29, 0.717) is 31.4 Å². The first-order valence-corrected chi connectivity index (χ1v) is 12.6. The number of benzene rings is 3. The van der Waals surface area contributed by atoms with Crippen molar-refractivity contribution in [2.45, 2.75) is 13.5 Å². The van der Waals surface area contributed by atoms with Crippen molar-refractivity contribution in [1.82, 2.24) is 4.90 Å². The summed E-state index contributed by atoms with van der Waals surface area (Å²) in [4.78, 5) is 39.0. The van der Waals surface area contributed by atoms with E-state index in [9.17, 15) is 14.4 Å². The summed E-state index contributed by atoms with van der Waals surface area (Å²) in [7, 11) is 0. The van der Waals surface area contributed by atoms with Gasteiger partial charge in [0.05, 0.1) is 15.9 Å². The summed E-state index contributed by atoms with van der Waals surface area (Å²) >= 11 is 10.4. The van der Waals surface area contributed by atoms with E-state index < -0.39 is 0 Å². The zero-order valence-corrected chi connectivity index (χ0v) is 21.7. The van der Waals surface area contributed by atoms with Gasteiger partial charge in [0.1, 0.15) is 5.75 Å². The molecule has 3 aromatic rings. The fourth-order valence-corrected chi connectivity index (χ4v) is 4.82. The molecule has 1 fully saturated rings. The molecule has 0 atom stereocenters. The number of anilines is 1. The van der Waals surface area contributed by atoms with Crippen molar-refractivity contribution in [3.8, 4) is 5.75 Å². The van der Waals surface area contributed by atoms with Crippen molar-refractivity contribution in [3.63, 3.8) is 0 Å². The molecule has 1 N–H and O–H groups in total. The van der Waals surface area contributed by atoms with Gasteiger partial charge in [-0.3, -0.25) is 19.3 Å². The molecule has 4 rings (SSSR count). The summed E-state index contributed by atoms with van der Waals surface area (Å²) in [6.07, 6.45) is 1.66. The van der Waals surface area contributed by atoms with E-state index in [4.69, 9.17) is 16.3 Å². The van der Waals surface area contributed by atoms with E-state index in [1.807, 2.05) is 43.3 Å². The van der Waals surface area contributed by atoms with Gasteiger partial charge >= 0.3 is 0 Å². The molecule has 1 aliphatic heterocycles. The molecule has 0 aromatic heterocycles. The largest absolute Gasteiger partial charge is 0.483 e. The standard InChI is InChI=1S/C26H20BrClN2O4S/c1-16-7-9-19(13-21(16)28)29-24(31)15-34-22-10-8-18(11-20(22)27)12-23-25(32)30(26(33)35-23)14-17-5-3-2-4-6-17/h2-13H,14-15H2,1H3,(H,29,31)/b23-12-. The second kappa shape index (κ2) is 11.1. The summed E-state index contributed by atoms with van der Waals surface area (Å²) in [6, 6.07) is 19.9. The average molecular weight is 572 g/mol. The van der Waals surface area contributed by atoms with Crippen LogP contribution in [0.2, 0.25) is 5.02 Å². The number of thioether (sulfide) groups is 1. The summed E-state index contributed by atoms with van der Waals surface area (Å²) in [6.45, 7) is 1.92. The molecule has 9 heteroatoms. The van der Waals surface area contributed by atoms with Gasteiger partial charge in [-0.05, 0) is 81.6 Å². The highest BCUT2D eigenvalue weighted by atomic mass is 79.9. The zero-order valence-electron chi connectivity index (χ0n) is 18.6. The van der Waals surface area contributed by atoms with E-state index in [-0.39, 0.29) is 30.2 Å². The predicted molar refractivity (Wildman–Crippen MR) is 142 cm³/mol. The van der Waals surface area contributed by atoms with E-state index >= 15 is 0 Å². The predicted octanol–water partition coefficient (Wildman–Crippen LogP) is 6.66. The van der Waals surface area contributed by atoms with Crippen LogP contribution in [-0.2, 0) is 16.1 Å². The molecule has 178 valence electrons. The maximum atomic E-state index is 12.8. The van der Waals surface area contributed by atoms with Gasteiger partial charge < -0.3 is 10.1 Å². The molecule has 3 amide bonds. The molecule has 1 saturated heterocycles. The smallest absolute Gasteiger partial charge is 0.293 e. The van der Waals surface area contributed by atoms with Crippen LogP contribution in [0, 0.1) is 6.92 Å². The van der Waals surface area contributed by atoms with Gasteiger partial charge in [0, 0.05) is 10.7 Å². The third-order valence-electron chi connectivity index (χ3n) is 5.13. The first-order valence-electron chi connectivity index (χ1n) is 10.6. The van der Waals surface area contributed by atoms with Crippen molar-refractivity contribution in [1.29, 1.82) is 0 Å². The number of nitrogens with one attached hydrogen (secondary N) is 1. The minimum absolute atomic E-state index is 0.193. The van der Waals surface area contributed by atoms with Gasteiger partial charge in [0.2, 0.25) is 0 Å².